The summed E-state index contributed by atoms with van der Waals surface area (Å²) in [6, 6.07) is 16.1. The van der Waals surface area contributed by atoms with Crippen LogP contribution in [0.3, 0.4) is 0 Å². The number of aryl methyl sites for hydroxylation is 1. The molecular formula is C34H38N6O4. The Kier molecular flexibility index (Phi) is 8.64. The van der Waals surface area contributed by atoms with Crippen LogP contribution in [0.5, 0.6) is 0 Å². The van der Waals surface area contributed by atoms with Gasteiger partial charge in [-0.15, -0.1) is 0 Å². The molecule has 0 aliphatic carbocycles. The predicted molar refractivity (Wildman–Crippen MR) is 171 cm³/mol. The van der Waals surface area contributed by atoms with Crippen LogP contribution < -0.4 is 16.2 Å². The van der Waals surface area contributed by atoms with Gasteiger partial charge in [0.15, 0.2) is 5.82 Å². The van der Waals surface area contributed by atoms with E-state index in [1.54, 1.807) is 54.7 Å². The van der Waals surface area contributed by atoms with E-state index >= 15 is 0 Å². The molecule has 1 aliphatic rings. The smallest absolute Gasteiger partial charge is 0.293 e. The number of carbonyl (C=O) groups excluding carboxylic acids is 2. The van der Waals surface area contributed by atoms with Gasteiger partial charge in [0.05, 0.1) is 11.8 Å². The van der Waals surface area contributed by atoms with Gasteiger partial charge in [-0.1, -0.05) is 39.0 Å². The Morgan fingerprint density at radius 2 is 1.70 bits per heavy atom. The Morgan fingerprint density at radius 1 is 1.00 bits per heavy atom. The molecule has 44 heavy (non-hydrogen) atoms. The number of carbonyl (C=O) groups is 2. The molecule has 228 valence electrons. The Balaban J connectivity index is 1.34. The zero-order chi connectivity index (χ0) is 31.6. The molecule has 1 aliphatic heterocycles. The first-order valence-electron chi connectivity index (χ1n) is 14.7. The first-order valence-corrected chi connectivity index (χ1v) is 14.7. The van der Waals surface area contributed by atoms with E-state index in [2.05, 4.69) is 41.4 Å². The van der Waals surface area contributed by atoms with Crippen LogP contribution in [0.1, 0.15) is 65.6 Å². The molecule has 2 aromatic heterocycles. The standard InChI is InChI=1S/C34H38N6O4/c1-21-26(7-6-8-27(21)38-31(42)28-14-11-23(19-35-28)34(2,3)4)29-20-39(5)33(44)30(37-29)36-24-12-9-22(10-13-24)32(43)40-17-15-25(41)16-18-40/h6-14,19-20,25,41H,15-18H2,1-5H3,(H,36,37)(H,38,42). The number of pyridine rings is 1. The number of benzene rings is 2. The molecule has 10 nitrogen and oxygen atoms in total. The van der Waals surface area contributed by atoms with E-state index < -0.39 is 0 Å². The van der Waals surface area contributed by atoms with Crippen molar-refractivity contribution in [1.29, 1.82) is 0 Å². The summed E-state index contributed by atoms with van der Waals surface area (Å²) in [6.45, 7) is 9.22. The second kappa shape index (κ2) is 12.4. The second-order valence-electron chi connectivity index (χ2n) is 12.2. The molecule has 10 heteroatoms. The number of hydrogen-bond donors (Lipinski definition) is 3. The van der Waals surface area contributed by atoms with E-state index in [0.717, 1.165) is 16.7 Å². The molecule has 0 unspecified atom stereocenters. The summed E-state index contributed by atoms with van der Waals surface area (Å²) >= 11 is 0. The van der Waals surface area contributed by atoms with Crippen LogP contribution in [0.25, 0.3) is 11.3 Å². The lowest BCUT2D eigenvalue weighted by atomic mass is 9.88. The average Bonchev–Trinajstić information content (AvgIpc) is 3.00. The molecule has 0 bridgehead atoms. The number of hydrogen-bond acceptors (Lipinski definition) is 7. The highest BCUT2D eigenvalue weighted by Gasteiger charge is 2.22. The van der Waals surface area contributed by atoms with Crippen molar-refractivity contribution < 1.29 is 14.7 Å². The molecule has 3 heterocycles. The third kappa shape index (κ3) is 6.70. The summed E-state index contributed by atoms with van der Waals surface area (Å²) in [6.07, 6.45) is 4.19. The summed E-state index contributed by atoms with van der Waals surface area (Å²) in [5, 5.41) is 15.8. The van der Waals surface area contributed by atoms with E-state index in [4.69, 9.17) is 0 Å². The molecule has 4 aromatic rings. The van der Waals surface area contributed by atoms with E-state index in [0.29, 0.717) is 54.3 Å². The minimum absolute atomic E-state index is 0.0647. The van der Waals surface area contributed by atoms with Gasteiger partial charge in [-0.3, -0.25) is 19.4 Å². The topological polar surface area (TPSA) is 129 Å². The summed E-state index contributed by atoms with van der Waals surface area (Å²) in [5.74, 6) is -0.271. The number of anilines is 3. The molecular weight excluding hydrogens is 556 g/mol. The lowest BCUT2D eigenvalue weighted by Gasteiger charge is -2.29. The minimum Gasteiger partial charge on any atom is -0.393 e. The Hall–Kier alpha value is -4.83. The molecule has 1 saturated heterocycles. The summed E-state index contributed by atoms with van der Waals surface area (Å²) < 4.78 is 1.46. The summed E-state index contributed by atoms with van der Waals surface area (Å²) in [7, 11) is 1.66. The number of nitrogens with one attached hydrogen (secondary N) is 2. The van der Waals surface area contributed by atoms with Gasteiger partial charge < -0.3 is 25.2 Å². The summed E-state index contributed by atoms with van der Waals surface area (Å²) in [5.41, 5.74) is 4.84. The molecule has 2 aromatic carbocycles. The van der Waals surface area contributed by atoms with Gasteiger partial charge in [0.2, 0.25) is 0 Å². The van der Waals surface area contributed by atoms with Crippen molar-refractivity contribution in [2.75, 3.05) is 23.7 Å². The quantitative estimate of drug-likeness (QED) is 0.285. The highest BCUT2D eigenvalue weighted by molar-refractivity contribution is 6.03. The van der Waals surface area contributed by atoms with Crippen LogP contribution in [0.2, 0.25) is 0 Å². The van der Waals surface area contributed by atoms with E-state index in [1.807, 2.05) is 31.2 Å². The van der Waals surface area contributed by atoms with Gasteiger partial charge in [-0.2, -0.15) is 0 Å². The number of aliphatic hydroxyl groups excluding tert-OH is 1. The maximum Gasteiger partial charge on any atom is 0.293 e. The normalized spacial score (nSPS) is 13.9. The van der Waals surface area contributed by atoms with Gasteiger partial charge in [0.25, 0.3) is 17.4 Å². The third-order valence-electron chi connectivity index (χ3n) is 7.94. The molecule has 2 amide bonds. The van der Waals surface area contributed by atoms with Crippen molar-refractivity contribution >= 4 is 29.0 Å². The Bertz CT molecular complexity index is 1730. The maximum absolute atomic E-state index is 13.0. The molecule has 1 fully saturated rings. The zero-order valence-corrected chi connectivity index (χ0v) is 25.7. The first-order chi connectivity index (χ1) is 20.9. The molecule has 0 radical (unpaired) electrons. The first kappa shape index (κ1) is 30.6. The Morgan fingerprint density at radius 3 is 2.34 bits per heavy atom. The third-order valence-corrected chi connectivity index (χ3v) is 7.94. The van der Waals surface area contributed by atoms with Crippen molar-refractivity contribution in [3.8, 4) is 11.3 Å². The van der Waals surface area contributed by atoms with Crippen molar-refractivity contribution in [1.82, 2.24) is 19.4 Å². The van der Waals surface area contributed by atoms with Crippen LogP contribution in [0.4, 0.5) is 17.2 Å². The van der Waals surface area contributed by atoms with Crippen molar-refractivity contribution in [2.45, 2.75) is 52.1 Å². The zero-order valence-electron chi connectivity index (χ0n) is 25.7. The number of rotatable bonds is 6. The van der Waals surface area contributed by atoms with Crippen LogP contribution in [0, 0.1) is 6.92 Å². The lowest BCUT2D eigenvalue weighted by Crippen LogP contribution is -2.40. The maximum atomic E-state index is 13.0. The molecule has 0 saturated carbocycles. The van der Waals surface area contributed by atoms with Gasteiger partial charge >= 0.3 is 0 Å². The molecule has 0 atom stereocenters. The highest BCUT2D eigenvalue weighted by atomic mass is 16.3. The number of likely N-dealkylation sites (tertiary alicyclic amines) is 1. The highest BCUT2D eigenvalue weighted by Crippen LogP contribution is 2.29. The lowest BCUT2D eigenvalue weighted by molar-refractivity contribution is 0.0546. The average molecular weight is 595 g/mol. The van der Waals surface area contributed by atoms with Crippen LogP contribution >= 0.6 is 0 Å². The van der Waals surface area contributed by atoms with Crippen molar-refractivity contribution in [3.63, 3.8) is 0 Å². The van der Waals surface area contributed by atoms with Crippen LogP contribution in [-0.2, 0) is 12.5 Å². The molecule has 5 rings (SSSR count). The van der Waals surface area contributed by atoms with Crippen LogP contribution in [0.15, 0.2) is 71.8 Å². The van der Waals surface area contributed by atoms with E-state index in [9.17, 15) is 19.5 Å². The fourth-order valence-corrected chi connectivity index (χ4v) is 5.11. The number of amides is 2. The number of piperidine rings is 1. The van der Waals surface area contributed by atoms with Gasteiger partial charge in [-0.05, 0) is 72.7 Å². The van der Waals surface area contributed by atoms with Gasteiger partial charge in [0.1, 0.15) is 5.69 Å². The fourth-order valence-electron chi connectivity index (χ4n) is 5.11. The monoisotopic (exact) mass is 594 g/mol. The van der Waals surface area contributed by atoms with Crippen LogP contribution in [-0.4, -0.2) is 55.5 Å². The number of nitrogens with zero attached hydrogens (tertiary/aromatic N) is 4. The summed E-state index contributed by atoms with van der Waals surface area (Å²) in [4.78, 5) is 49.6. The largest absolute Gasteiger partial charge is 0.393 e. The van der Waals surface area contributed by atoms with E-state index in [-0.39, 0.29) is 34.7 Å². The predicted octanol–water partition coefficient (Wildman–Crippen LogP) is 5.04. The van der Waals surface area contributed by atoms with Gasteiger partial charge in [0, 0.05) is 55.0 Å². The van der Waals surface area contributed by atoms with Crippen molar-refractivity contribution in [2.24, 2.45) is 7.05 Å². The van der Waals surface area contributed by atoms with Gasteiger partial charge in [-0.25, -0.2) is 4.98 Å². The van der Waals surface area contributed by atoms with E-state index in [1.165, 1.54) is 4.57 Å². The second-order valence-corrected chi connectivity index (χ2v) is 12.2. The Labute approximate surface area is 256 Å². The van der Waals surface area contributed by atoms with Crippen molar-refractivity contribution in [3.05, 3.63) is 99.7 Å². The number of aromatic nitrogens is 3. The number of aliphatic hydroxyl groups is 1. The molecule has 3 N–H and O–H groups in total. The minimum atomic E-state index is -0.352. The SMILES string of the molecule is Cc1c(NC(=O)c2ccc(C(C)(C)C)cn2)cccc1-c1cn(C)c(=O)c(Nc2ccc(C(=O)N3CCC(O)CC3)cc2)n1. The molecule has 0 spiro atoms. The fraction of sp³-hybridized carbons (Fsp3) is 0.324.